The first-order chi connectivity index (χ1) is 7.60. The second-order valence-electron chi connectivity index (χ2n) is 3.88. The molecule has 2 rings (SSSR count). The third-order valence-corrected chi connectivity index (χ3v) is 3.60. The molecule has 0 aliphatic carbocycles. The molecule has 0 aromatic heterocycles. The number of amides is 1. The van der Waals surface area contributed by atoms with Crippen LogP contribution in [0.4, 0.5) is 11.4 Å². The van der Waals surface area contributed by atoms with E-state index >= 15 is 0 Å². The topological polar surface area (TPSA) is 75.3 Å². The van der Waals surface area contributed by atoms with E-state index < -0.39 is 0 Å². The van der Waals surface area contributed by atoms with Crippen molar-refractivity contribution in [2.75, 3.05) is 17.7 Å². The van der Waals surface area contributed by atoms with E-state index in [0.717, 1.165) is 16.1 Å². The van der Waals surface area contributed by atoms with Gasteiger partial charge in [-0.3, -0.25) is 4.79 Å². The van der Waals surface area contributed by atoms with Crippen LogP contribution >= 0.6 is 11.8 Å². The fourth-order valence-electron chi connectivity index (χ4n) is 1.63. The first kappa shape index (κ1) is 11.3. The summed E-state index contributed by atoms with van der Waals surface area (Å²) in [6, 6.07) is 3.71. The minimum atomic E-state index is 0.00626. The standard InChI is InChI=1S/C11H14N2O2S/c1-6(5-14)16-10-4-9-7(2-8(10)12)3-11(15)13-9/h2,4,6,14H,3,5,12H2,1H3,(H,13,15). The molecule has 1 aromatic rings. The smallest absolute Gasteiger partial charge is 0.228 e. The fraction of sp³-hybridized carbons (Fsp3) is 0.364. The SMILES string of the molecule is CC(CO)Sc1cc2c(cc1N)CC(=O)N2. The Hall–Kier alpha value is -1.20. The zero-order valence-corrected chi connectivity index (χ0v) is 9.80. The second kappa shape index (κ2) is 4.35. The molecular formula is C11H14N2O2S. The summed E-state index contributed by atoms with van der Waals surface area (Å²) in [6.45, 7) is 2.03. The fourth-order valence-corrected chi connectivity index (χ4v) is 2.52. The Bertz CT molecular complexity index is 434. The van der Waals surface area contributed by atoms with Gasteiger partial charge in [-0.1, -0.05) is 6.92 Å². The molecule has 4 N–H and O–H groups in total. The number of nitrogens with one attached hydrogen (secondary N) is 1. The first-order valence-corrected chi connectivity index (χ1v) is 5.98. The molecule has 0 bridgehead atoms. The highest BCUT2D eigenvalue weighted by molar-refractivity contribution is 8.00. The third-order valence-electron chi connectivity index (χ3n) is 2.45. The zero-order chi connectivity index (χ0) is 11.7. The average Bonchev–Trinajstić information content (AvgIpc) is 2.58. The van der Waals surface area contributed by atoms with E-state index in [1.54, 1.807) is 0 Å². The highest BCUT2D eigenvalue weighted by Crippen LogP contribution is 2.35. The van der Waals surface area contributed by atoms with Crippen LogP contribution < -0.4 is 11.1 Å². The number of carbonyl (C=O) groups excluding carboxylic acids is 1. The van der Waals surface area contributed by atoms with Gasteiger partial charge in [0.2, 0.25) is 5.91 Å². The Kier molecular flexibility index (Phi) is 3.07. The van der Waals surface area contributed by atoms with Crippen LogP contribution in [0.5, 0.6) is 0 Å². The molecule has 5 heteroatoms. The van der Waals surface area contributed by atoms with Gasteiger partial charge in [0.15, 0.2) is 0 Å². The largest absolute Gasteiger partial charge is 0.398 e. The van der Waals surface area contributed by atoms with E-state index in [2.05, 4.69) is 5.32 Å². The van der Waals surface area contributed by atoms with Gasteiger partial charge in [0.05, 0.1) is 13.0 Å². The number of aliphatic hydroxyl groups is 1. The van der Waals surface area contributed by atoms with Gasteiger partial charge < -0.3 is 16.2 Å². The van der Waals surface area contributed by atoms with Crippen molar-refractivity contribution < 1.29 is 9.90 Å². The number of rotatable bonds is 3. The number of aliphatic hydroxyl groups excluding tert-OH is 1. The van der Waals surface area contributed by atoms with Crippen molar-refractivity contribution >= 4 is 29.0 Å². The number of thioether (sulfide) groups is 1. The van der Waals surface area contributed by atoms with Gasteiger partial charge in [0.1, 0.15) is 0 Å². The number of anilines is 2. The Labute approximate surface area is 98.2 Å². The maximum absolute atomic E-state index is 11.2. The molecule has 1 atom stereocenters. The molecule has 1 amide bonds. The van der Waals surface area contributed by atoms with Gasteiger partial charge in [-0.05, 0) is 17.7 Å². The monoisotopic (exact) mass is 238 g/mol. The molecule has 0 fully saturated rings. The first-order valence-electron chi connectivity index (χ1n) is 5.10. The van der Waals surface area contributed by atoms with Crippen molar-refractivity contribution in [3.05, 3.63) is 17.7 Å². The molecule has 1 unspecified atom stereocenters. The predicted molar refractivity (Wildman–Crippen MR) is 65.6 cm³/mol. The van der Waals surface area contributed by atoms with E-state index in [9.17, 15) is 4.79 Å². The van der Waals surface area contributed by atoms with Gasteiger partial charge in [0.25, 0.3) is 0 Å². The summed E-state index contributed by atoms with van der Waals surface area (Å²) in [7, 11) is 0. The van der Waals surface area contributed by atoms with Crippen molar-refractivity contribution in [1.82, 2.24) is 0 Å². The molecule has 86 valence electrons. The third kappa shape index (κ3) is 2.15. The van der Waals surface area contributed by atoms with Crippen molar-refractivity contribution in [3.63, 3.8) is 0 Å². The van der Waals surface area contributed by atoms with Gasteiger partial charge in [-0.15, -0.1) is 11.8 Å². The second-order valence-corrected chi connectivity index (χ2v) is 5.36. The van der Waals surface area contributed by atoms with E-state index in [1.807, 2.05) is 19.1 Å². The molecular weight excluding hydrogens is 224 g/mol. The molecule has 0 saturated carbocycles. The number of fused-ring (bicyclic) bond motifs is 1. The molecule has 1 aliphatic rings. The number of nitrogens with two attached hydrogens (primary N) is 1. The molecule has 1 aromatic carbocycles. The number of hydrogen-bond donors (Lipinski definition) is 3. The molecule has 1 heterocycles. The predicted octanol–water partition coefficient (Wildman–Crippen LogP) is 1.24. The van der Waals surface area contributed by atoms with Crippen LogP contribution in [0.2, 0.25) is 0 Å². The quantitative estimate of drug-likeness (QED) is 0.547. The Morgan fingerprint density at radius 2 is 2.38 bits per heavy atom. The maximum Gasteiger partial charge on any atom is 0.228 e. The molecule has 16 heavy (non-hydrogen) atoms. The lowest BCUT2D eigenvalue weighted by Gasteiger charge is -2.11. The zero-order valence-electron chi connectivity index (χ0n) is 8.99. The summed E-state index contributed by atoms with van der Waals surface area (Å²) in [6.07, 6.45) is 0.403. The van der Waals surface area contributed by atoms with Crippen LogP contribution in [0.3, 0.4) is 0 Å². The van der Waals surface area contributed by atoms with E-state index in [-0.39, 0.29) is 17.8 Å². The van der Waals surface area contributed by atoms with Gasteiger partial charge >= 0.3 is 0 Å². The van der Waals surface area contributed by atoms with Crippen LogP contribution in [0, 0.1) is 0 Å². The summed E-state index contributed by atoms with van der Waals surface area (Å²) in [4.78, 5) is 12.1. The highest BCUT2D eigenvalue weighted by Gasteiger charge is 2.19. The summed E-state index contributed by atoms with van der Waals surface area (Å²) in [5.74, 6) is 0.00626. The van der Waals surface area contributed by atoms with Crippen LogP contribution in [-0.2, 0) is 11.2 Å². The van der Waals surface area contributed by atoms with Crippen molar-refractivity contribution in [3.8, 4) is 0 Å². The van der Waals surface area contributed by atoms with Crippen molar-refractivity contribution in [2.24, 2.45) is 0 Å². The van der Waals surface area contributed by atoms with Crippen LogP contribution in [0.1, 0.15) is 12.5 Å². The average molecular weight is 238 g/mol. The summed E-state index contributed by atoms with van der Waals surface area (Å²) >= 11 is 1.51. The number of nitrogen functional groups attached to an aromatic ring is 1. The Balaban J connectivity index is 2.28. The van der Waals surface area contributed by atoms with Gasteiger partial charge in [-0.2, -0.15) is 0 Å². The summed E-state index contributed by atoms with van der Waals surface area (Å²) in [5, 5.41) is 11.9. The van der Waals surface area contributed by atoms with Crippen molar-refractivity contribution in [1.29, 1.82) is 0 Å². The Morgan fingerprint density at radius 3 is 3.06 bits per heavy atom. The highest BCUT2D eigenvalue weighted by atomic mass is 32.2. The van der Waals surface area contributed by atoms with E-state index in [4.69, 9.17) is 10.8 Å². The minimum Gasteiger partial charge on any atom is -0.398 e. The van der Waals surface area contributed by atoms with E-state index in [1.165, 1.54) is 11.8 Å². The molecule has 4 nitrogen and oxygen atoms in total. The number of carbonyl (C=O) groups is 1. The van der Waals surface area contributed by atoms with Crippen LogP contribution in [0.15, 0.2) is 17.0 Å². The number of benzene rings is 1. The lowest BCUT2D eigenvalue weighted by atomic mass is 10.1. The number of hydrogen-bond acceptors (Lipinski definition) is 4. The lowest BCUT2D eigenvalue weighted by molar-refractivity contribution is -0.115. The van der Waals surface area contributed by atoms with Crippen LogP contribution in [0.25, 0.3) is 0 Å². The van der Waals surface area contributed by atoms with E-state index in [0.29, 0.717) is 12.1 Å². The molecule has 1 aliphatic heterocycles. The van der Waals surface area contributed by atoms with Crippen LogP contribution in [-0.4, -0.2) is 22.9 Å². The normalized spacial score (nSPS) is 15.8. The summed E-state index contributed by atoms with van der Waals surface area (Å²) in [5.41, 5.74) is 8.36. The maximum atomic E-state index is 11.2. The van der Waals surface area contributed by atoms with Crippen molar-refractivity contribution in [2.45, 2.75) is 23.5 Å². The van der Waals surface area contributed by atoms with Gasteiger partial charge in [-0.25, -0.2) is 0 Å². The molecule has 0 spiro atoms. The summed E-state index contributed by atoms with van der Waals surface area (Å²) < 4.78 is 0. The molecule has 0 saturated heterocycles. The molecule has 0 radical (unpaired) electrons. The lowest BCUT2D eigenvalue weighted by Crippen LogP contribution is -2.04. The minimum absolute atomic E-state index is 0.00626. The van der Waals surface area contributed by atoms with Gasteiger partial charge in [0, 0.05) is 21.5 Å². The Morgan fingerprint density at radius 1 is 1.62 bits per heavy atom.